The molecule has 1 aromatic carbocycles. The van der Waals surface area contributed by atoms with Gasteiger partial charge < -0.3 is 9.84 Å². The number of fused-ring (bicyclic) bond motifs is 1. The van der Waals surface area contributed by atoms with Crippen molar-refractivity contribution in [3.63, 3.8) is 0 Å². The Morgan fingerprint density at radius 3 is 2.85 bits per heavy atom. The summed E-state index contributed by atoms with van der Waals surface area (Å²) in [5, 5.41) is 17.9. The number of aryl methyl sites for hydroxylation is 2. The van der Waals surface area contributed by atoms with Crippen molar-refractivity contribution >= 4 is 39.9 Å². The summed E-state index contributed by atoms with van der Waals surface area (Å²) in [7, 11) is 1.38. The number of methoxy groups -OCH3 is 1. The average Bonchev–Trinajstić information content (AvgIpc) is 3.23. The van der Waals surface area contributed by atoms with Crippen molar-refractivity contribution in [1.82, 2.24) is 15.0 Å². The molecule has 1 atom stereocenters. The second-order valence-electron chi connectivity index (χ2n) is 5.99. The Hall–Kier alpha value is -1.96. The first-order chi connectivity index (χ1) is 12.5. The van der Waals surface area contributed by atoms with Gasteiger partial charge in [-0.1, -0.05) is 22.9 Å². The summed E-state index contributed by atoms with van der Waals surface area (Å²) in [4.78, 5) is 12.9. The number of rotatable bonds is 6. The highest BCUT2D eigenvalue weighted by Gasteiger charge is 2.25. The normalized spacial score (nSPS) is 12.5. The number of esters is 1. The molecule has 0 saturated heterocycles. The van der Waals surface area contributed by atoms with Crippen molar-refractivity contribution < 1.29 is 14.6 Å². The largest absolute Gasteiger partial charge is 0.469 e. The van der Waals surface area contributed by atoms with Gasteiger partial charge in [0, 0.05) is 22.9 Å². The van der Waals surface area contributed by atoms with Crippen LogP contribution in [0.5, 0.6) is 0 Å². The Morgan fingerprint density at radius 2 is 2.23 bits per heavy atom. The predicted octanol–water partition coefficient (Wildman–Crippen LogP) is 3.66. The van der Waals surface area contributed by atoms with E-state index < -0.39 is 0 Å². The van der Waals surface area contributed by atoms with Gasteiger partial charge in [0.05, 0.1) is 30.0 Å². The zero-order valence-corrected chi connectivity index (χ0v) is 16.4. The number of carbonyl (C=O) groups is 1. The molecule has 0 aliphatic carbocycles. The zero-order valence-electron chi connectivity index (χ0n) is 14.8. The molecule has 0 unspecified atom stereocenters. The number of nitrogens with zero attached hydrogens (tertiary/aromatic N) is 3. The van der Waals surface area contributed by atoms with E-state index in [9.17, 15) is 9.90 Å². The molecule has 0 aliphatic heterocycles. The molecule has 1 N–H and O–H groups in total. The van der Waals surface area contributed by atoms with Gasteiger partial charge in [-0.05, 0) is 37.1 Å². The molecule has 2 aromatic heterocycles. The first-order valence-electron chi connectivity index (χ1n) is 8.28. The number of aliphatic hydroxyl groups excluding tert-OH is 1. The fourth-order valence-corrected chi connectivity index (χ4v) is 4.51. The molecule has 0 bridgehead atoms. The van der Waals surface area contributed by atoms with Crippen LogP contribution in [0.1, 0.15) is 40.8 Å². The summed E-state index contributed by atoms with van der Waals surface area (Å²) in [5.41, 5.74) is 4.41. The summed E-state index contributed by atoms with van der Waals surface area (Å²) in [6, 6.07) is 5.84. The summed E-state index contributed by atoms with van der Waals surface area (Å²) >= 11 is 7.60. The fraction of sp³-hybridized carbons (Fsp3) is 0.389. The van der Waals surface area contributed by atoms with E-state index in [-0.39, 0.29) is 24.9 Å². The van der Waals surface area contributed by atoms with E-state index in [1.165, 1.54) is 18.4 Å². The van der Waals surface area contributed by atoms with Gasteiger partial charge in [0.25, 0.3) is 0 Å². The summed E-state index contributed by atoms with van der Waals surface area (Å²) in [6.45, 7) is 4.60. The van der Waals surface area contributed by atoms with Crippen LogP contribution in [0, 0.1) is 6.92 Å². The molecule has 8 heteroatoms. The molecule has 2 heterocycles. The molecule has 0 aliphatic rings. The Kier molecular flexibility index (Phi) is 5.60. The van der Waals surface area contributed by atoms with E-state index in [0.29, 0.717) is 9.90 Å². The van der Waals surface area contributed by atoms with Gasteiger partial charge >= 0.3 is 5.97 Å². The predicted molar refractivity (Wildman–Crippen MR) is 102 cm³/mol. The van der Waals surface area contributed by atoms with E-state index >= 15 is 0 Å². The van der Waals surface area contributed by atoms with Crippen LogP contribution in [0.2, 0.25) is 4.34 Å². The third-order valence-electron chi connectivity index (χ3n) is 4.55. The topological polar surface area (TPSA) is 77.2 Å². The van der Waals surface area contributed by atoms with Crippen molar-refractivity contribution in [3.05, 3.63) is 44.1 Å². The highest BCUT2D eigenvalue weighted by molar-refractivity contribution is 7.16. The Morgan fingerprint density at radius 1 is 1.46 bits per heavy atom. The van der Waals surface area contributed by atoms with Crippen LogP contribution in [0.15, 0.2) is 18.2 Å². The molecule has 0 spiro atoms. The number of benzene rings is 1. The fourth-order valence-electron chi connectivity index (χ4n) is 3.11. The van der Waals surface area contributed by atoms with Crippen LogP contribution in [0.4, 0.5) is 0 Å². The minimum absolute atomic E-state index is 0.136. The third-order valence-corrected chi connectivity index (χ3v) is 6.10. The SMILES string of the molecule is CCn1nnc2c(C)c([C@H](CC(=O)OC)c3cc(CO)c(Cl)s3)ccc21. The number of thiophene rings is 1. The number of ether oxygens (including phenoxy) is 1. The second-order valence-corrected chi connectivity index (χ2v) is 7.68. The lowest BCUT2D eigenvalue weighted by Crippen LogP contribution is -2.10. The van der Waals surface area contributed by atoms with E-state index in [0.717, 1.165) is 33.6 Å². The lowest BCUT2D eigenvalue weighted by molar-refractivity contribution is -0.140. The van der Waals surface area contributed by atoms with E-state index in [4.69, 9.17) is 16.3 Å². The minimum Gasteiger partial charge on any atom is -0.469 e. The van der Waals surface area contributed by atoms with Crippen LogP contribution >= 0.6 is 22.9 Å². The maximum absolute atomic E-state index is 12.0. The van der Waals surface area contributed by atoms with Gasteiger partial charge in [-0.2, -0.15) is 0 Å². The van der Waals surface area contributed by atoms with Crippen molar-refractivity contribution in [2.24, 2.45) is 0 Å². The Labute approximate surface area is 160 Å². The Bertz CT molecular complexity index is 951. The van der Waals surface area contributed by atoms with Crippen LogP contribution in [0.25, 0.3) is 11.0 Å². The van der Waals surface area contributed by atoms with Crippen molar-refractivity contribution in [3.8, 4) is 0 Å². The maximum Gasteiger partial charge on any atom is 0.306 e. The van der Waals surface area contributed by atoms with Crippen molar-refractivity contribution in [2.75, 3.05) is 7.11 Å². The number of aliphatic hydroxyl groups is 1. The standard InChI is InChI=1S/C18H20ClN3O3S/c1-4-22-14-6-5-12(10(2)17(14)20-21-22)13(8-16(24)25-3)15-7-11(9-23)18(19)26-15/h5-7,13,23H,4,8-9H2,1-3H3/t13-/m0/s1. The molecule has 0 saturated carbocycles. The molecule has 0 fully saturated rings. The monoisotopic (exact) mass is 393 g/mol. The first-order valence-corrected chi connectivity index (χ1v) is 9.48. The van der Waals surface area contributed by atoms with Crippen molar-refractivity contribution in [2.45, 2.75) is 39.3 Å². The van der Waals surface area contributed by atoms with Gasteiger partial charge in [-0.15, -0.1) is 16.4 Å². The van der Waals surface area contributed by atoms with Crippen molar-refractivity contribution in [1.29, 1.82) is 0 Å². The van der Waals surface area contributed by atoms with E-state index in [1.54, 1.807) is 0 Å². The number of halogens is 1. The molecule has 26 heavy (non-hydrogen) atoms. The number of carbonyl (C=O) groups excluding carboxylic acids is 1. The number of aromatic nitrogens is 3. The molecule has 6 nitrogen and oxygen atoms in total. The second kappa shape index (κ2) is 7.73. The van der Waals surface area contributed by atoms with Gasteiger partial charge in [-0.25, -0.2) is 4.68 Å². The lowest BCUT2D eigenvalue weighted by Gasteiger charge is -2.17. The summed E-state index contributed by atoms with van der Waals surface area (Å²) < 4.78 is 7.26. The molecular formula is C18H20ClN3O3S. The summed E-state index contributed by atoms with van der Waals surface area (Å²) in [6.07, 6.45) is 0.187. The van der Waals surface area contributed by atoms with Crippen LogP contribution in [-0.2, 0) is 22.7 Å². The molecule has 3 rings (SSSR count). The molecule has 138 valence electrons. The van der Waals surface area contributed by atoms with Gasteiger partial charge in [-0.3, -0.25) is 4.79 Å². The van der Waals surface area contributed by atoms with E-state index in [1.807, 2.05) is 36.7 Å². The molecule has 0 radical (unpaired) electrons. The van der Waals surface area contributed by atoms with Gasteiger partial charge in [0.1, 0.15) is 5.52 Å². The highest BCUT2D eigenvalue weighted by atomic mass is 35.5. The molecule has 3 aromatic rings. The van der Waals surface area contributed by atoms with Gasteiger partial charge in [0.15, 0.2) is 0 Å². The highest BCUT2D eigenvalue weighted by Crippen LogP contribution is 2.40. The minimum atomic E-state index is -0.304. The lowest BCUT2D eigenvalue weighted by atomic mass is 9.89. The maximum atomic E-state index is 12.0. The smallest absolute Gasteiger partial charge is 0.306 e. The number of hydrogen-bond donors (Lipinski definition) is 1. The first kappa shape index (κ1) is 18.8. The van der Waals surface area contributed by atoms with E-state index in [2.05, 4.69) is 10.3 Å². The quantitative estimate of drug-likeness (QED) is 0.646. The zero-order chi connectivity index (χ0) is 18.8. The van der Waals surface area contributed by atoms with Crippen LogP contribution in [0.3, 0.4) is 0 Å². The number of hydrogen-bond acceptors (Lipinski definition) is 6. The molecule has 0 amide bonds. The summed E-state index contributed by atoms with van der Waals surface area (Å²) in [5.74, 6) is -0.525. The Balaban J connectivity index is 2.13. The van der Waals surface area contributed by atoms with Gasteiger partial charge in [0.2, 0.25) is 0 Å². The molecular weight excluding hydrogens is 374 g/mol. The third kappa shape index (κ3) is 3.34. The average molecular weight is 394 g/mol. The van der Waals surface area contributed by atoms with Crippen LogP contribution < -0.4 is 0 Å². The van der Waals surface area contributed by atoms with Crippen LogP contribution in [-0.4, -0.2) is 33.2 Å².